The first kappa shape index (κ1) is 12.8. The normalized spacial score (nSPS) is 12.7. The number of nitrogens with zero attached hydrogens (tertiary/aromatic N) is 3. The summed E-state index contributed by atoms with van der Waals surface area (Å²) in [7, 11) is 1.99. The molecule has 1 unspecified atom stereocenters. The maximum absolute atomic E-state index is 5.71. The predicted octanol–water partition coefficient (Wildman–Crippen LogP) is 1.72. The molecular formula is C15H17N5. The van der Waals surface area contributed by atoms with Crippen molar-refractivity contribution < 1.29 is 0 Å². The smallest absolute Gasteiger partial charge is 0.110 e. The van der Waals surface area contributed by atoms with Gasteiger partial charge in [-0.3, -0.25) is 16.3 Å². The van der Waals surface area contributed by atoms with Crippen LogP contribution in [0, 0.1) is 0 Å². The Morgan fingerprint density at radius 3 is 2.90 bits per heavy atom. The van der Waals surface area contributed by atoms with Crippen molar-refractivity contribution in [1.82, 2.24) is 20.0 Å². The van der Waals surface area contributed by atoms with E-state index in [1.807, 2.05) is 29.9 Å². The molecule has 0 aliphatic heterocycles. The van der Waals surface area contributed by atoms with E-state index in [0.29, 0.717) is 0 Å². The molecule has 3 aromatic rings. The zero-order valence-corrected chi connectivity index (χ0v) is 11.3. The van der Waals surface area contributed by atoms with Gasteiger partial charge in [0, 0.05) is 37.4 Å². The van der Waals surface area contributed by atoms with Crippen LogP contribution in [0.1, 0.15) is 17.4 Å². The molecule has 1 atom stereocenters. The SMILES string of the molecule is Cn1ccnc1CC(NN)c1ccc2ncccc2c1. The minimum Gasteiger partial charge on any atom is -0.338 e. The third kappa shape index (κ3) is 2.41. The van der Waals surface area contributed by atoms with Gasteiger partial charge in [0.1, 0.15) is 5.82 Å². The minimum absolute atomic E-state index is 0.0284. The van der Waals surface area contributed by atoms with E-state index in [9.17, 15) is 0 Å². The number of aromatic nitrogens is 3. The van der Waals surface area contributed by atoms with Crippen LogP contribution in [0.5, 0.6) is 0 Å². The van der Waals surface area contributed by atoms with Gasteiger partial charge in [-0.05, 0) is 23.8 Å². The highest BCUT2D eigenvalue weighted by Crippen LogP contribution is 2.21. The van der Waals surface area contributed by atoms with E-state index in [2.05, 4.69) is 33.6 Å². The van der Waals surface area contributed by atoms with Crippen LogP contribution in [-0.2, 0) is 13.5 Å². The second kappa shape index (κ2) is 5.40. The molecule has 0 bridgehead atoms. The Kier molecular flexibility index (Phi) is 3.45. The highest BCUT2D eigenvalue weighted by Gasteiger charge is 2.13. The predicted molar refractivity (Wildman–Crippen MR) is 78.7 cm³/mol. The number of hydrogen-bond donors (Lipinski definition) is 2. The summed E-state index contributed by atoms with van der Waals surface area (Å²) < 4.78 is 2.01. The Bertz CT molecular complexity index is 719. The maximum Gasteiger partial charge on any atom is 0.110 e. The number of fused-ring (bicyclic) bond motifs is 1. The van der Waals surface area contributed by atoms with Crippen molar-refractivity contribution >= 4 is 10.9 Å². The van der Waals surface area contributed by atoms with Crippen LogP contribution in [0.2, 0.25) is 0 Å². The van der Waals surface area contributed by atoms with Crippen molar-refractivity contribution in [1.29, 1.82) is 0 Å². The number of hydrogen-bond acceptors (Lipinski definition) is 4. The number of pyridine rings is 1. The van der Waals surface area contributed by atoms with Gasteiger partial charge in [0.25, 0.3) is 0 Å². The topological polar surface area (TPSA) is 68.8 Å². The number of nitrogens with two attached hydrogens (primary N) is 1. The summed E-state index contributed by atoms with van der Waals surface area (Å²) >= 11 is 0. The van der Waals surface area contributed by atoms with Crippen LogP contribution in [0.25, 0.3) is 10.9 Å². The van der Waals surface area contributed by atoms with Gasteiger partial charge in [-0.25, -0.2) is 4.98 Å². The summed E-state index contributed by atoms with van der Waals surface area (Å²) in [4.78, 5) is 8.68. The Morgan fingerprint density at radius 2 is 2.15 bits per heavy atom. The van der Waals surface area contributed by atoms with E-state index in [4.69, 9.17) is 5.84 Å². The van der Waals surface area contributed by atoms with E-state index < -0.39 is 0 Å². The minimum atomic E-state index is 0.0284. The van der Waals surface area contributed by atoms with Crippen LogP contribution in [0.3, 0.4) is 0 Å². The lowest BCUT2D eigenvalue weighted by molar-refractivity contribution is 0.531. The van der Waals surface area contributed by atoms with Crippen LogP contribution in [-0.4, -0.2) is 14.5 Å². The van der Waals surface area contributed by atoms with Crippen LogP contribution >= 0.6 is 0 Å². The van der Waals surface area contributed by atoms with Crippen molar-refractivity contribution in [3.63, 3.8) is 0 Å². The van der Waals surface area contributed by atoms with E-state index in [0.717, 1.165) is 28.7 Å². The zero-order chi connectivity index (χ0) is 13.9. The van der Waals surface area contributed by atoms with Gasteiger partial charge >= 0.3 is 0 Å². The summed E-state index contributed by atoms with van der Waals surface area (Å²) in [5.74, 6) is 6.71. The number of aryl methyl sites for hydroxylation is 1. The molecule has 0 aliphatic carbocycles. The van der Waals surface area contributed by atoms with Crippen molar-refractivity contribution in [3.05, 3.63) is 60.3 Å². The van der Waals surface area contributed by atoms with E-state index in [1.165, 1.54) is 0 Å². The standard InChI is InChI=1S/C15H17N5/c1-20-8-7-18-15(20)10-14(19-16)12-4-5-13-11(9-12)3-2-6-17-13/h2-9,14,19H,10,16H2,1H3. The van der Waals surface area contributed by atoms with Crippen molar-refractivity contribution in [2.24, 2.45) is 12.9 Å². The largest absolute Gasteiger partial charge is 0.338 e. The summed E-state index contributed by atoms with van der Waals surface area (Å²) in [6.45, 7) is 0. The first-order chi connectivity index (χ1) is 9.78. The fourth-order valence-electron chi connectivity index (χ4n) is 2.36. The fourth-order valence-corrected chi connectivity index (χ4v) is 2.36. The van der Waals surface area contributed by atoms with Gasteiger partial charge < -0.3 is 4.57 Å². The van der Waals surface area contributed by atoms with Gasteiger partial charge in [-0.1, -0.05) is 12.1 Å². The molecule has 3 N–H and O–H groups in total. The third-order valence-electron chi connectivity index (χ3n) is 3.54. The van der Waals surface area contributed by atoms with Crippen molar-refractivity contribution in [3.8, 4) is 0 Å². The van der Waals surface area contributed by atoms with E-state index in [-0.39, 0.29) is 6.04 Å². The molecule has 0 spiro atoms. The average molecular weight is 267 g/mol. The summed E-state index contributed by atoms with van der Waals surface area (Å²) in [6, 6.07) is 10.2. The maximum atomic E-state index is 5.71. The number of rotatable bonds is 4. The quantitative estimate of drug-likeness (QED) is 0.558. The number of nitrogens with one attached hydrogen (secondary N) is 1. The molecular weight excluding hydrogens is 250 g/mol. The third-order valence-corrected chi connectivity index (χ3v) is 3.54. The first-order valence-electron chi connectivity index (χ1n) is 6.55. The molecule has 0 saturated carbocycles. The van der Waals surface area contributed by atoms with E-state index in [1.54, 1.807) is 12.4 Å². The monoisotopic (exact) mass is 267 g/mol. The molecule has 0 saturated heterocycles. The summed E-state index contributed by atoms with van der Waals surface area (Å²) in [5.41, 5.74) is 5.00. The molecule has 2 aromatic heterocycles. The molecule has 0 radical (unpaired) electrons. The van der Waals surface area contributed by atoms with Gasteiger partial charge in [-0.2, -0.15) is 0 Å². The van der Waals surface area contributed by atoms with Gasteiger partial charge in [0.15, 0.2) is 0 Å². The molecule has 20 heavy (non-hydrogen) atoms. The molecule has 102 valence electrons. The summed E-state index contributed by atoms with van der Waals surface area (Å²) in [6.07, 6.45) is 6.28. The Balaban J connectivity index is 1.92. The fraction of sp³-hybridized carbons (Fsp3) is 0.200. The highest BCUT2D eigenvalue weighted by atomic mass is 15.2. The summed E-state index contributed by atoms with van der Waals surface area (Å²) in [5, 5.41) is 1.12. The Morgan fingerprint density at radius 1 is 1.25 bits per heavy atom. The highest BCUT2D eigenvalue weighted by molar-refractivity contribution is 5.79. The van der Waals surface area contributed by atoms with Gasteiger partial charge in [-0.15, -0.1) is 0 Å². The molecule has 5 heteroatoms. The van der Waals surface area contributed by atoms with Gasteiger partial charge in [0.2, 0.25) is 0 Å². The molecule has 0 fully saturated rings. The second-order valence-corrected chi connectivity index (χ2v) is 4.83. The van der Waals surface area contributed by atoms with E-state index >= 15 is 0 Å². The Labute approximate surface area is 117 Å². The molecule has 0 aliphatic rings. The molecule has 3 rings (SSSR count). The number of imidazole rings is 1. The molecule has 1 aromatic carbocycles. The zero-order valence-electron chi connectivity index (χ0n) is 11.3. The number of hydrazine groups is 1. The number of benzene rings is 1. The Hall–Kier alpha value is -2.24. The lowest BCUT2D eigenvalue weighted by Crippen LogP contribution is -2.30. The first-order valence-corrected chi connectivity index (χ1v) is 6.55. The molecule has 5 nitrogen and oxygen atoms in total. The van der Waals surface area contributed by atoms with Crippen molar-refractivity contribution in [2.45, 2.75) is 12.5 Å². The van der Waals surface area contributed by atoms with Crippen molar-refractivity contribution in [2.75, 3.05) is 0 Å². The molecule has 0 amide bonds. The molecule has 2 heterocycles. The van der Waals surface area contributed by atoms with Gasteiger partial charge in [0.05, 0.1) is 11.6 Å². The lowest BCUT2D eigenvalue weighted by Gasteiger charge is -2.16. The van der Waals surface area contributed by atoms with Crippen LogP contribution in [0.15, 0.2) is 48.9 Å². The van der Waals surface area contributed by atoms with Crippen LogP contribution in [0.4, 0.5) is 0 Å². The lowest BCUT2D eigenvalue weighted by atomic mass is 10.0. The second-order valence-electron chi connectivity index (χ2n) is 4.83. The van der Waals surface area contributed by atoms with Crippen LogP contribution < -0.4 is 11.3 Å². The average Bonchev–Trinajstić information content (AvgIpc) is 2.89.